The molecule has 3 aromatic rings. The number of hydrogen-bond acceptors (Lipinski definition) is 4. The van der Waals surface area contributed by atoms with Crippen molar-refractivity contribution in [2.45, 2.75) is 0 Å². The van der Waals surface area contributed by atoms with Crippen molar-refractivity contribution in [3.8, 4) is 10.7 Å². The molecule has 3 rings (SSSR count). The van der Waals surface area contributed by atoms with E-state index in [0.717, 1.165) is 20.7 Å². The lowest BCUT2D eigenvalue weighted by atomic mass is 10.2. The van der Waals surface area contributed by atoms with Crippen LogP contribution in [0.15, 0.2) is 51.4 Å². The molecule has 0 saturated heterocycles. The zero-order chi connectivity index (χ0) is 13.9. The predicted molar refractivity (Wildman–Crippen MR) is 87.9 cm³/mol. The topological polar surface area (TPSA) is 46.0 Å². The normalized spacial score (nSPS) is 11.2. The summed E-state index contributed by atoms with van der Waals surface area (Å²) in [6, 6.07) is 11.8. The quantitative estimate of drug-likeness (QED) is 0.555. The Morgan fingerprint density at radius 3 is 2.80 bits per heavy atom. The van der Waals surface area contributed by atoms with Gasteiger partial charge in [-0.2, -0.15) is 14.9 Å². The fourth-order valence-electron chi connectivity index (χ4n) is 1.64. The second kappa shape index (κ2) is 5.82. The first kappa shape index (κ1) is 13.4. The van der Waals surface area contributed by atoms with Gasteiger partial charge in [0.1, 0.15) is 0 Å². The van der Waals surface area contributed by atoms with Crippen LogP contribution >= 0.6 is 39.5 Å². The van der Waals surface area contributed by atoms with E-state index in [2.05, 4.69) is 31.2 Å². The summed E-state index contributed by atoms with van der Waals surface area (Å²) in [5, 5.41) is 13.4. The van der Waals surface area contributed by atoms with Crippen LogP contribution in [0, 0.1) is 4.77 Å². The highest BCUT2D eigenvalue weighted by molar-refractivity contribution is 9.10. The van der Waals surface area contributed by atoms with Crippen LogP contribution in [0.2, 0.25) is 0 Å². The van der Waals surface area contributed by atoms with Crippen molar-refractivity contribution >= 4 is 45.7 Å². The number of aromatic nitrogens is 3. The number of aromatic amines is 1. The maximum absolute atomic E-state index is 5.21. The van der Waals surface area contributed by atoms with Gasteiger partial charge in [0.15, 0.2) is 5.82 Å². The highest BCUT2D eigenvalue weighted by Gasteiger charge is 2.08. The van der Waals surface area contributed by atoms with Crippen LogP contribution in [-0.4, -0.2) is 21.1 Å². The second-order valence-corrected chi connectivity index (χ2v) is 6.19. The van der Waals surface area contributed by atoms with Crippen LogP contribution in [0.25, 0.3) is 10.7 Å². The van der Waals surface area contributed by atoms with E-state index in [1.807, 2.05) is 41.8 Å². The summed E-state index contributed by atoms with van der Waals surface area (Å²) in [6.45, 7) is 0. The highest BCUT2D eigenvalue weighted by Crippen LogP contribution is 2.22. The standard InChI is InChI=1S/C13H9BrN4S2/c14-10-5-3-9(4-6-10)8-15-18-12(16-17-13(18)19)11-2-1-7-20-11/h1-8H,(H,17,19). The van der Waals surface area contributed by atoms with Gasteiger partial charge in [0.25, 0.3) is 0 Å². The first-order chi connectivity index (χ1) is 9.74. The summed E-state index contributed by atoms with van der Waals surface area (Å²) >= 11 is 10.2. The number of nitrogens with zero attached hydrogens (tertiary/aromatic N) is 3. The Balaban J connectivity index is 1.97. The van der Waals surface area contributed by atoms with Gasteiger partial charge in [0.2, 0.25) is 4.77 Å². The molecule has 0 spiro atoms. The second-order valence-electron chi connectivity index (χ2n) is 3.94. The molecule has 1 aromatic carbocycles. The average molecular weight is 365 g/mol. The number of benzene rings is 1. The smallest absolute Gasteiger partial charge is 0.216 e. The minimum Gasteiger partial charge on any atom is -0.250 e. The van der Waals surface area contributed by atoms with Gasteiger partial charge in [-0.05, 0) is 41.4 Å². The van der Waals surface area contributed by atoms with Crippen molar-refractivity contribution < 1.29 is 0 Å². The van der Waals surface area contributed by atoms with Crippen LogP contribution in [0.3, 0.4) is 0 Å². The zero-order valence-corrected chi connectivity index (χ0v) is 13.4. The van der Waals surface area contributed by atoms with E-state index < -0.39 is 0 Å². The van der Waals surface area contributed by atoms with Crippen molar-refractivity contribution in [3.05, 3.63) is 56.6 Å². The zero-order valence-electron chi connectivity index (χ0n) is 10.2. The molecule has 1 N–H and O–H groups in total. The van der Waals surface area contributed by atoms with Crippen molar-refractivity contribution in [3.63, 3.8) is 0 Å². The molecule has 7 heteroatoms. The van der Waals surface area contributed by atoms with Gasteiger partial charge in [0, 0.05) is 4.47 Å². The third-order valence-corrected chi connectivity index (χ3v) is 4.24. The first-order valence-corrected chi connectivity index (χ1v) is 7.83. The number of thiophene rings is 1. The third-order valence-electron chi connectivity index (χ3n) is 2.58. The molecule has 100 valence electrons. The first-order valence-electron chi connectivity index (χ1n) is 5.75. The van der Waals surface area contributed by atoms with E-state index >= 15 is 0 Å². The van der Waals surface area contributed by atoms with Gasteiger partial charge in [0.05, 0.1) is 11.1 Å². The van der Waals surface area contributed by atoms with E-state index in [0.29, 0.717) is 4.77 Å². The molecular weight excluding hydrogens is 356 g/mol. The van der Waals surface area contributed by atoms with Gasteiger partial charge >= 0.3 is 0 Å². The summed E-state index contributed by atoms with van der Waals surface area (Å²) in [6.07, 6.45) is 1.76. The molecule has 20 heavy (non-hydrogen) atoms. The Morgan fingerprint density at radius 2 is 2.10 bits per heavy atom. The molecule has 0 aliphatic heterocycles. The molecule has 0 bridgehead atoms. The summed E-state index contributed by atoms with van der Waals surface area (Å²) in [7, 11) is 0. The van der Waals surface area contributed by atoms with Gasteiger partial charge in [-0.1, -0.05) is 34.1 Å². The fourth-order valence-corrected chi connectivity index (χ4v) is 2.78. The number of hydrogen-bond donors (Lipinski definition) is 1. The van der Waals surface area contributed by atoms with E-state index in [-0.39, 0.29) is 0 Å². The third kappa shape index (κ3) is 2.79. The summed E-state index contributed by atoms with van der Waals surface area (Å²) in [4.78, 5) is 1.02. The molecule has 0 unspecified atom stereocenters. The Kier molecular flexibility index (Phi) is 3.90. The number of nitrogens with one attached hydrogen (secondary N) is 1. The lowest BCUT2D eigenvalue weighted by molar-refractivity contribution is 0.873. The Morgan fingerprint density at radius 1 is 1.30 bits per heavy atom. The Bertz CT molecular complexity index is 785. The van der Waals surface area contributed by atoms with Crippen LogP contribution < -0.4 is 0 Å². The average Bonchev–Trinajstić information content (AvgIpc) is 3.08. The molecule has 0 fully saturated rings. The van der Waals surface area contributed by atoms with Crippen LogP contribution in [-0.2, 0) is 0 Å². The van der Waals surface area contributed by atoms with Gasteiger partial charge in [-0.15, -0.1) is 11.3 Å². The lowest BCUT2D eigenvalue weighted by Crippen LogP contribution is -1.93. The predicted octanol–water partition coefficient (Wildman–Crippen LogP) is 4.31. The molecule has 0 saturated carbocycles. The van der Waals surface area contributed by atoms with E-state index in [1.165, 1.54) is 0 Å². The number of halogens is 1. The molecule has 2 heterocycles. The van der Waals surface area contributed by atoms with Crippen LogP contribution in [0.4, 0.5) is 0 Å². The summed E-state index contributed by atoms with van der Waals surface area (Å²) in [5.41, 5.74) is 0.994. The molecule has 0 radical (unpaired) electrons. The Labute approximate surface area is 132 Å². The summed E-state index contributed by atoms with van der Waals surface area (Å²) < 4.78 is 3.14. The monoisotopic (exact) mass is 364 g/mol. The molecule has 0 aliphatic rings. The van der Waals surface area contributed by atoms with Crippen molar-refractivity contribution in [1.82, 2.24) is 14.9 Å². The maximum Gasteiger partial charge on any atom is 0.216 e. The van der Waals surface area contributed by atoms with E-state index in [9.17, 15) is 0 Å². The molecule has 0 atom stereocenters. The van der Waals surface area contributed by atoms with Crippen molar-refractivity contribution in [2.24, 2.45) is 5.10 Å². The SMILES string of the molecule is S=c1[nH]nc(-c2cccs2)n1N=Cc1ccc(Br)cc1. The largest absolute Gasteiger partial charge is 0.250 e. The van der Waals surface area contributed by atoms with Gasteiger partial charge in [-0.25, -0.2) is 5.10 Å². The van der Waals surface area contributed by atoms with Crippen molar-refractivity contribution in [2.75, 3.05) is 0 Å². The van der Waals surface area contributed by atoms with E-state index in [4.69, 9.17) is 12.2 Å². The van der Waals surface area contributed by atoms with Gasteiger partial charge in [-0.3, -0.25) is 0 Å². The molecular formula is C13H9BrN4S2. The van der Waals surface area contributed by atoms with Crippen LogP contribution in [0.1, 0.15) is 5.56 Å². The molecule has 4 nitrogen and oxygen atoms in total. The minimum atomic E-state index is 0.474. The fraction of sp³-hybridized carbons (Fsp3) is 0. The van der Waals surface area contributed by atoms with Crippen LogP contribution in [0.5, 0.6) is 0 Å². The molecule has 0 aliphatic carbocycles. The number of rotatable bonds is 3. The Hall–Kier alpha value is -1.57. The summed E-state index contributed by atoms with van der Waals surface area (Å²) in [5.74, 6) is 0.721. The molecule has 2 aromatic heterocycles. The van der Waals surface area contributed by atoms with E-state index in [1.54, 1.807) is 22.2 Å². The van der Waals surface area contributed by atoms with Gasteiger partial charge < -0.3 is 0 Å². The number of H-pyrrole nitrogens is 1. The maximum atomic E-state index is 5.21. The minimum absolute atomic E-state index is 0.474. The molecule has 0 amide bonds. The highest BCUT2D eigenvalue weighted by atomic mass is 79.9. The van der Waals surface area contributed by atoms with Crippen molar-refractivity contribution in [1.29, 1.82) is 0 Å². The lowest BCUT2D eigenvalue weighted by Gasteiger charge is -1.98.